The van der Waals surface area contributed by atoms with Crippen molar-refractivity contribution in [3.8, 4) is 0 Å². The van der Waals surface area contributed by atoms with Gasteiger partial charge in [-0.2, -0.15) is 0 Å². The van der Waals surface area contributed by atoms with Crippen LogP contribution < -0.4 is 0 Å². The molecule has 0 aliphatic rings. The second-order valence-corrected chi connectivity index (χ2v) is 5.69. The summed E-state index contributed by atoms with van der Waals surface area (Å²) in [5.74, 6) is 0. The van der Waals surface area contributed by atoms with E-state index in [9.17, 15) is 20.0 Å². The standard InChI is InChI=1S/C18H30NO4/c1-2-3-11-14-17(19(22)23)18(21)15-12-9-7-5-4-6-8-10-13-16-20/h3,9,11-12,17-18,21H,2,4-8,10,13-15H2,1H3/b11-3-,12-9-. The molecule has 0 aliphatic carbocycles. The lowest BCUT2D eigenvalue weighted by atomic mass is 10.0. The highest BCUT2D eigenvalue weighted by Crippen LogP contribution is 2.11. The van der Waals surface area contributed by atoms with E-state index < -0.39 is 17.1 Å². The van der Waals surface area contributed by atoms with E-state index in [2.05, 4.69) is 0 Å². The molecule has 0 rings (SSSR count). The number of allylic oxidation sites excluding steroid dienone is 2. The minimum Gasteiger partial charge on any atom is -0.386 e. The normalized spacial score (nSPS) is 14.3. The number of hydrogen-bond donors (Lipinski definition) is 1. The molecule has 2 unspecified atom stereocenters. The summed E-state index contributed by atoms with van der Waals surface area (Å²) in [6.07, 6.45) is 16.6. The quantitative estimate of drug-likeness (QED) is 0.212. The minimum atomic E-state index is -0.942. The van der Waals surface area contributed by atoms with Gasteiger partial charge in [0.25, 0.3) is 0 Å². The number of nitro groups is 1. The maximum Gasteiger partial charge on any atom is 0.242 e. The lowest BCUT2D eigenvalue weighted by Crippen LogP contribution is -2.32. The monoisotopic (exact) mass is 324 g/mol. The van der Waals surface area contributed by atoms with E-state index in [1.807, 2.05) is 31.4 Å². The molecule has 1 radical (unpaired) electrons. The Morgan fingerprint density at radius 2 is 1.70 bits per heavy atom. The van der Waals surface area contributed by atoms with Crippen molar-refractivity contribution in [2.24, 2.45) is 0 Å². The van der Waals surface area contributed by atoms with Gasteiger partial charge in [-0.25, -0.2) is 0 Å². The van der Waals surface area contributed by atoms with Crippen LogP contribution in [0.25, 0.3) is 0 Å². The molecule has 0 saturated carbocycles. The van der Waals surface area contributed by atoms with E-state index in [1.165, 1.54) is 0 Å². The van der Waals surface area contributed by atoms with Crippen molar-refractivity contribution in [1.29, 1.82) is 0 Å². The van der Waals surface area contributed by atoms with Gasteiger partial charge in [0.2, 0.25) is 6.04 Å². The van der Waals surface area contributed by atoms with E-state index in [0.29, 0.717) is 12.8 Å². The summed E-state index contributed by atoms with van der Waals surface area (Å²) in [6, 6.07) is -0.933. The fourth-order valence-corrected chi connectivity index (χ4v) is 2.29. The van der Waals surface area contributed by atoms with Gasteiger partial charge in [0.15, 0.2) is 6.29 Å². The number of aliphatic hydroxyl groups is 1. The molecule has 0 amide bonds. The summed E-state index contributed by atoms with van der Waals surface area (Å²) in [5, 5.41) is 20.9. The Morgan fingerprint density at radius 3 is 2.35 bits per heavy atom. The van der Waals surface area contributed by atoms with Gasteiger partial charge in [0.05, 0.1) is 0 Å². The van der Waals surface area contributed by atoms with Crippen LogP contribution >= 0.6 is 0 Å². The molecule has 5 nitrogen and oxygen atoms in total. The molecule has 2 atom stereocenters. The average Bonchev–Trinajstić information content (AvgIpc) is 2.52. The summed E-state index contributed by atoms with van der Waals surface area (Å²) in [7, 11) is 0. The second-order valence-electron chi connectivity index (χ2n) is 5.69. The van der Waals surface area contributed by atoms with Gasteiger partial charge in [0, 0.05) is 17.8 Å². The second kappa shape index (κ2) is 15.4. The van der Waals surface area contributed by atoms with Crippen molar-refractivity contribution in [2.75, 3.05) is 0 Å². The lowest BCUT2D eigenvalue weighted by molar-refractivity contribution is -0.533. The van der Waals surface area contributed by atoms with Crippen LogP contribution in [0.4, 0.5) is 0 Å². The van der Waals surface area contributed by atoms with Crippen LogP contribution in [0.2, 0.25) is 0 Å². The molecule has 0 saturated heterocycles. The van der Waals surface area contributed by atoms with Crippen molar-refractivity contribution < 1.29 is 14.8 Å². The number of unbranched alkanes of at least 4 members (excludes halogenated alkanes) is 6. The zero-order chi connectivity index (χ0) is 17.3. The highest BCUT2D eigenvalue weighted by molar-refractivity contribution is 5.50. The van der Waals surface area contributed by atoms with Crippen LogP contribution in [0.15, 0.2) is 24.3 Å². The molecule has 0 aliphatic heterocycles. The predicted octanol–water partition coefficient (Wildman–Crippen LogP) is 4.14. The van der Waals surface area contributed by atoms with Crippen LogP contribution in [-0.2, 0) is 4.79 Å². The summed E-state index contributed by atoms with van der Waals surface area (Å²) < 4.78 is 0. The third-order valence-corrected chi connectivity index (χ3v) is 3.69. The van der Waals surface area contributed by atoms with Crippen molar-refractivity contribution >= 4 is 6.29 Å². The lowest BCUT2D eigenvalue weighted by Gasteiger charge is -2.12. The zero-order valence-electron chi connectivity index (χ0n) is 14.2. The van der Waals surface area contributed by atoms with Crippen molar-refractivity contribution in [3.05, 3.63) is 34.4 Å². The molecule has 0 fully saturated rings. The van der Waals surface area contributed by atoms with Crippen molar-refractivity contribution in [2.45, 2.75) is 83.3 Å². The van der Waals surface area contributed by atoms with Crippen LogP contribution in [-0.4, -0.2) is 28.5 Å². The first-order valence-electron chi connectivity index (χ1n) is 8.60. The van der Waals surface area contributed by atoms with Gasteiger partial charge < -0.3 is 5.11 Å². The Kier molecular flexibility index (Phi) is 14.4. The summed E-state index contributed by atoms with van der Waals surface area (Å²) in [6.45, 7) is 1.97. The first-order valence-corrected chi connectivity index (χ1v) is 8.60. The third-order valence-electron chi connectivity index (χ3n) is 3.69. The van der Waals surface area contributed by atoms with Crippen LogP contribution in [0.3, 0.4) is 0 Å². The average molecular weight is 324 g/mol. The first kappa shape index (κ1) is 21.5. The summed E-state index contributed by atoms with van der Waals surface area (Å²) >= 11 is 0. The van der Waals surface area contributed by atoms with Crippen molar-refractivity contribution in [1.82, 2.24) is 0 Å². The smallest absolute Gasteiger partial charge is 0.242 e. The van der Waals surface area contributed by atoms with E-state index in [0.717, 1.165) is 44.9 Å². The Bertz CT molecular complexity index is 366. The van der Waals surface area contributed by atoms with Crippen LogP contribution in [0.1, 0.15) is 71.1 Å². The minimum absolute atomic E-state index is 0.272. The highest BCUT2D eigenvalue weighted by Gasteiger charge is 2.27. The fourth-order valence-electron chi connectivity index (χ4n) is 2.29. The Labute approximate surface area is 139 Å². The van der Waals surface area contributed by atoms with Crippen LogP contribution in [0.5, 0.6) is 0 Å². The number of carbonyl (C=O) groups excluding carboxylic acids is 1. The third kappa shape index (κ3) is 12.7. The molecule has 0 heterocycles. The summed E-state index contributed by atoms with van der Waals surface area (Å²) in [4.78, 5) is 20.6. The molecule has 5 heteroatoms. The molecule has 0 aromatic rings. The Hall–Kier alpha value is -1.49. The molecule has 0 spiro atoms. The number of aliphatic hydroxyl groups excluding tert-OH is 1. The van der Waals surface area contributed by atoms with Gasteiger partial charge in [-0.3, -0.25) is 14.9 Å². The molecule has 23 heavy (non-hydrogen) atoms. The molecule has 0 bridgehead atoms. The predicted molar refractivity (Wildman–Crippen MR) is 92.6 cm³/mol. The SMILES string of the molecule is CC/C=C\CC(C(O)C/C=C\CCCCCCC[C]=O)[N+](=O)[O-]. The van der Waals surface area contributed by atoms with Gasteiger partial charge >= 0.3 is 0 Å². The zero-order valence-corrected chi connectivity index (χ0v) is 14.2. The largest absolute Gasteiger partial charge is 0.386 e. The van der Waals surface area contributed by atoms with E-state index in [-0.39, 0.29) is 6.42 Å². The molecular formula is C18H30NO4. The van der Waals surface area contributed by atoms with Gasteiger partial charge in [0.1, 0.15) is 6.10 Å². The first-order chi connectivity index (χ1) is 11.1. The van der Waals surface area contributed by atoms with Crippen molar-refractivity contribution in [3.63, 3.8) is 0 Å². The maximum atomic E-state index is 11.0. The number of nitrogens with zero attached hydrogens (tertiary/aromatic N) is 1. The highest BCUT2D eigenvalue weighted by atomic mass is 16.6. The van der Waals surface area contributed by atoms with Gasteiger partial charge in [-0.05, 0) is 32.1 Å². The Morgan fingerprint density at radius 1 is 1.04 bits per heavy atom. The van der Waals surface area contributed by atoms with Gasteiger partial charge in [-0.15, -0.1) is 0 Å². The topological polar surface area (TPSA) is 80.4 Å². The summed E-state index contributed by atoms with van der Waals surface area (Å²) in [5.41, 5.74) is 0. The molecule has 0 aromatic carbocycles. The maximum absolute atomic E-state index is 11.0. The van der Waals surface area contributed by atoms with E-state index in [1.54, 1.807) is 6.08 Å². The van der Waals surface area contributed by atoms with E-state index >= 15 is 0 Å². The molecule has 1 N–H and O–H groups in total. The number of rotatable bonds is 15. The number of hydrogen-bond acceptors (Lipinski definition) is 4. The fraction of sp³-hybridized carbons (Fsp3) is 0.722. The van der Waals surface area contributed by atoms with Crippen LogP contribution in [0, 0.1) is 10.1 Å². The molecular weight excluding hydrogens is 294 g/mol. The van der Waals surface area contributed by atoms with E-state index in [4.69, 9.17) is 0 Å². The Balaban J connectivity index is 3.83. The molecule has 131 valence electrons. The molecule has 0 aromatic heterocycles. The van der Waals surface area contributed by atoms with Gasteiger partial charge in [-0.1, -0.05) is 50.5 Å².